The third-order valence-electron chi connectivity index (χ3n) is 2.95. The van der Waals surface area contributed by atoms with Crippen LogP contribution in [-0.2, 0) is 13.0 Å². The van der Waals surface area contributed by atoms with E-state index >= 15 is 0 Å². The van der Waals surface area contributed by atoms with E-state index in [4.69, 9.17) is 0 Å². The molecule has 0 N–H and O–H groups in total. The van der Waals surface area contributed by atoms with Crippen molar-refractivity contribution in [2.75, 3.05) is 13.6 Å². The van der Waals surface area contributed by atoms with Crippen LogP contribution in [0.2, 0.25) is 0 Å². The molecule has 3 heteroatoms. The number of rotatable bonds is 1. The molecule has 2 rings (SSSR count). The number of aromatic nitrogens is 2. The Morgan fingerprint density at radius 2 is 2.00 bits per heavy atom. The van der Waals surface area contributed by atoms with Crippen LogP contribution in [0.4, 0.5) is 0 Å². The van der Waals surface area contributed by atoms with Crippen LogP contribution in [0.25, 0.3) is 0 Å². The molecule has 82 valence electrons. The van der Waals surface area contributed by atoms with E-state index < -0.39 is 0 Å². The molecule has 0 unspecified atom stereocenters. The smallest absolute Gasteiger partial charge is 0.125 e. The zero-order valence-corrected chi connectivity index (χ0v) is 10.0. The summed E-state index contributed by atoms with van der Waals surface area (Å²) in [6.45, 7) is 8.50. The summed E-state index contributed by atoms with van der Waals surface area (Å²) in [6, 6.07) is 0. The van der Waals surface area contributed by atoms with E-state index in [1.165, 1.54) is 17.0 Å². The molecule has 1 aliphatic rings. The van der Waals surface area contributed by atoms with E-state index in [0.29, 0.717) is 5.92 Å². The lowest BCUT2D eigenvalue weighted by Gasteiger charge is -2.26. The topological polar surface area (TPSA) is 29.0 Å². The van der Waals surface area contributed by atoms with Gasteiger partial charge < -0.3 is 4.90 Å². The summed E-state index contributed by atoms with van der Waals surface area (Å²) in [6.07, 6.45) is 1.10. The van der Waals surface area contributed by atoms with E-state index in [1.54, 1.807) is 0 Å². The molecule has 1 aromatic heterocycles. The van der Waals surface area contributed by atoms with E-state index in [-0.39, 0.29) is 0 Å². The second-order valence-corrected chi connectivity index (χ2v) is 4.72. The van der Waals surface area contributed by atoms with Gasteiger partial charge in [0.1, 0.15) is 5.82 Å². The Balaban J connectivity index is 2.49. The number of fused-ring (bicyclic) bond motifs is 1. The lowest BCUT2D eigenvalue weighted by Crippen LogP contribution is -2.29. The fourth-order valence-corrected chi connectivity index (χ4v) is 2.20. The van der Waals surface area contributed by atoms with Crippen LogP contribution in [0.3, 0.4) is 0 Å². The third-order valence-corrected chi connectivity index (χ3v) is 2.95. The number of hydrogen-bond donors (Lipinski definition) is 0. The predicted molar refractivity (Wildman–Crippen MR) is 60.9 cm³/mol. The first kappa shape index (κ1) is 10.6. The van der Waals surface area contributed by atoms with Crippen molar-refractivity contribution in [1.29, 1.82) is 0 Å². The van der Waals surface area contributed by atoms with E-state index in [2.05, 4.69) is 35.8 Å². The van der Waals surface area contributed by atoms with Crippen LogP contribution in [-0.4, -0.2) is 28.5 Å². The van der Waals surface area contributed by atoms with Crippen molar-refractivity contribution >= 4 is 0 Å². The highest BCUT2D eigenvalue weighted by molar-refractivity contribution is 5.30. The molecular formula is C12H19N3. The van der Waals surface area contributed by atoms with Crippen LogP contribution in [0.15, 0.2) is 0 Å². The highest BCUT2D eigenvalue weighted by Gasteiger charge is 2.20. The minimum atomic E-state index is 0.504. The SMILES string of the molecule is Cc1nc2c(c(C(C)C)n1)CCN(C)C2. The van der Waals surface area contributed by atoms with Crippen LogP contribution in [0.5, 0.6) is 0 Å². The second-order valence-electron chi connectivity index (χ2n) is 4.72. The zero-order valence-electron chi connectivity index (χ0n) is 10.0. The quantitative estimate of drug-likeness (QED) is 0.701. The van der Waals surface area contributed by atoms with Gasteiger partial charge in [0.15, 0.2) is 0 Å². The molecule has 0 saturated carbocycles. The predicted octanol–water partition coefficient (Wildman–Crippen LogP) is 1.90. The number of hydrogen-bond acceptors (Lipinski definition) is 3. The van der Waals surface area contributed by atoms with E-state index in [0.717, 1.165) is 25.3 Å². The zero-order chi connectivity index (χ0) is 11.0. The van der Waals surface area contributed by atoms with Gasteiger partial charge in [-0.05, 0) is 31.9 Å². The van der Waals surface area contributed by atoms with Crippen molar-refractivity contribution in [3.63, 3.8) is 0 Å². The summed E-state index contributed by atoms with van der Waals surface area (Å²) in [5.74, 6) is 1.41. The van der Waals surface area contributed by atoms with Crippen molar-refractivity contribution in [2.45, 2.75) is 39.7 Å². The monoisotopic (exact) mass is 205 g/mol. The molecule has 0 saturated heterocycles. The Hall–Kier alpha value is -0.960. The summed E-state index contributed by atoms with van der Waals surface area (Å²) in [4.78, 5) is 11.5. The molecule has 1 aliphatic heterocycles. The Morgan fingerprint density at radius 3 is 2.67 bits per heavy atom. The van der Waals surface area contributed by atoms with Crippen LogP contribution in [0, 0.1) is 6.92 Å². The van der Waals surface area contributed by atoms with E-state index in [1.807, 2.05) is 6.92 Å². The molecule has 0 aromatic carbocycles. The van der Waals surface area contributed by atoms with Gasteiger partial charge in [-0.2, -0.15) is 0 Å². The molecule has 15 heavy (non-hydrogen) atoms. The maximum atomic E-state index is 4.58. The van der Waals surface area contributed by atoms with Crippen LogP contribution in [0.1, 0.15) is 42.5 Å². The Morgan fingerprint density at radius 1 is 1.27 bits per heavy atom. The summed E-state index contributed by atoms with van der Waals surface area (Å²) < 4.78 is 0. The van der Waals surface area contributed by atoms with Gasteiger partial charge in [-0.25, -0.2) is 9.97 Å². The summed E-state index contributed by atoms with van der Waals surface area (Å²) >= 11 is 0. The molecule has 0 fully saturated rings. The maximum absolute atomic E-state index is 4.58. The Kier molecular flexibility index (Phi) is 2.74. The molecule has 0 bridgehead atoms. The van der Waals surface area contributed by atoms with Gasteiger partial charge in [0.05, 0.1) is 11.4 Å². The van der Waals surface area contributed by atoms with Crippen molar-refractivity contribution in [3.05, 3.63) is 22.8 Å². The first-order chi connectivity index (χ1) is 7.08. The van der Waals surface area contributed by atoms with Crippen molar-refractivity contribution in [1.82, 2.24) is 14.9 Å². The number of aryl methyl sites for hydroxylation is 1. The summed E-state index contributed by atoms with van der Waals surface area (Å²) in [5, 5.41) is 0. The Labute approximate surface area is 91.5 Å². The van der Waals surface area contributed by atoms with Crippen molar-refractivity contribution in [2.24, 2.45) is 0 Å². The fraction of sp³-hybridized carbons (Fsp3) is 0.667. The highest BCUT2D eigenvalue weighted by Crippen LogP contribution is 2.24. The van der Waals surface area contributed by atoms with Crippen molar-refractivity contribution in [3.8, 4) is 0 Å². The van der Waals surface area contributed by atoms with Crippen LogP contribution >= 0.6 is 0 Å². The summed E-state index contributed by atoms with van der Waals surface area (Å²) in [5.41, 5.74) is 3.89. The lowest BCUT2D eigenvalue weighted by atomic mass is 9.97. The molecule has 1 aromatic rings. The minimum Gasteiger partial charge on any atom is -0.300 e. The molecule has 0 atom stereocenters. The molecular weight excluding hydrogens is 186 g/mol. The average Bonchev–Trinajstić information content (AvgIpc) is 2.15. The molecule has 0 spiro atoms. The van der Waals surface area contributed by atoms with E-state index in [9.17, 15) is 0 Å². The van der Waals surface area contributed by atoms with Crippen molar-refractivity contribution < 1.29 is 0 Å². The van der Waals surface area contributed by atoms with Gasteiger partial charge in [-0.15, -0.1) is 0 Å². The lowest BCUT2D eigenvalue weighted by molar-refractivity contribution is 0.305. The molecule has 0 amide bonds. The van der Waals surface area contributed by atoms with Gasteiger partial charge in [0, 0.05) is 13.1 Å². The first-order valence-electron chi connectivity index (χ1n) is 5.62. The standard InChI is InChI=1S/C12H19N3/c1-8(2)12-10-5-6-15(4)7-11(10)13-9(3)14-12/h8H,5-7H2,1-4H3. The van der Waals surface area contributed by atoms with Gasteiger partial charge in [-0.1, -0.05) is 13.8 Å². The average molecular weight is 205 g/mol. The third kappa shape index (κ3) is 2.02. The molecule has 3 nitrogen and oxygen atoms in total. The molecule has 0 radical (unpaired) electrons. The van der Waals surface area contributed by atoms with Gasteiger partial charge in [-0.3, -0.25) is 0 Å². The van der Waals surface area contributed by atoms with Crippen LogP contribution < -0.4 is 0 Å². The maximum Gasteiger partial charge on any atom is 0.125 e. The van der Waals surface area contributed by atoms with Gasteiger partial charge in [0.2, 0.25) is 0 Å². The molecule has 0 aliphatic carbocycles. The number of nitrogens with zero attached hydrogens (tertiary/aromatic N) is 3. The highest BCUT2D eigenvalue weighted by atomic mass is 15.1. The largest absolute Gasteiger partial charge is 0.300 e. The minimum absolute atomic E-state index is 0.504. The Bertz CT molecular complexity index is 371. The second kappa shape index (κ2) is 3.89. The number of likely N-dealkylation sites (N-methyl/N-ethyl adjacent to an activating group) is 1. The molecule has 2 heterocycles. The first-order valence-corrected chi connectivity index (χ1v) is 5.62. The summed E-state index contributed by atoms with van der Waals surface area (Å²) in [7, 11) is 2.15. The van der Waals surface area contributed by atoms with Gasteiger partial charge in [0.25, 0.3) is 0 Å². The fourth-order valence-electron chi connectivity index (χ4n) is 2.20. The normalized spacial score (nSPS) is 16.9. The van der Waals surface area contributed by atoms with Gasteiger partial charge >= 0.3 is 0 Å².